The molecule has 0 radical (unpaired) electrons. The first kappa shape index (κ1) is 33.2. The molecule has 4 aromatic carbocycles. The molecule has 0 spiro atoms. The van der Waals surface area contributed by atoms with Gasteiger partial charge in [-0.05, 0) is 40.8 Å². The number of hydrogen-bond acceptors (Lipinski definition) is 6. The number of piperazine rings is 1. The highest BCUT2D eigenvalue weighted by atomic mass is 16.7. The van der Waals surface area contributed by atoms with Gasteiger partial charge in [-0.25, -0.2) is 4.79 Å². The van der Waals surface area contributed by atoms with Crippen LogP contribution in [0.4, 0.5) is 4.79 Å². The summed E-state index contributed by atoms with van der Waals surface area (Å²) in [6.07, 6.45) is -2.97. The van der Waals surface area contributed by atoms with Crippen molar-refractivity contribution < 1.29 is 34.2 Å². The molecule has 6 rings (SSSR count). The molecule has 4 atom stereocenters. The maximum absolute atomic E-state index is 14.7. The molecule has 49 heavy (non-hydrogen) atoms. The van der Waals surface area contributed by atoms with Crippen molar-refractivity contribution in [3.05, 3.63) is 138 Å². The highest BCUT2D eigenvalue weighted by Gasteiger charge is 2.54. The predicted octanol–water partition coefficient (Wildman–Crippen LogP) is 3.81. The first-order valence-corrected chi connectivity index (χ1v) is 16.3. The summed E-state index contributed by atoms with van der Waals surface area (Å²) in [6, 6.07) is 32.2. The number of hydrogen-bond donors (Lipinski definition) is 3. The van der Waals surface area contributed by atoms with E-state index in [2.05, 4.69) is 5.32 Å². The summed E-state index contributed by atoms with van der Waals surface area (Å²) in [4.78, 5) is 64.2. The van der Waals surface area contributed by atoms with Gasteiger partial charge in [-0.15, -0.1) is 0 Å². The summed E-state index contributed by atoms with van der Waals surface area (Å²) >= 11 is 0. The Hall–Kier alpha value is -5.68. The van der Waals surface area contributed by atoms with Crippen molar-refractivity contribution in [2.24, 2.45) is 0 Å². The first-order chi connectivity index (χ1) is 23.8. The fourth-order valence-electron chi connectivity index (χ4n) is 6.50. The average Bonchev–Trinajstić information content (AvgIpc) is 3.11. The van der Waals surface area contributed by atoms with Crippen molar-refractivity contribution in [2.75, 3.05) is 13.1 Å². The molecule has 2 saturated heterocycles. The molecule has 2 heterocycles. The lowest BCUT2D eigenvalue weighted by molar-refractivity contribution is -0.265. The predicted molar refractivity (Wildman–Crippen MR) is 180 cm³/mol. The minimum atomic E-state index is -1.43. The molecule has 3 N–H and O–H groups in total. The number of aromatic hydroxyl groups is 1. The van der Waals surface area contributed by atoms with Gasteiger partial charge in [-0.1, -0.05) is 103 Å². The fraction of sp³-hybridized carbons (Fsp3) is 0.263. The lowest BCUT2D eigenvalue weighted by atomic mass is 9.94. The van der Waals surface area contributed by atoms with Crippen LogP contribution < -0.4 is 5.32 Å². The van der Waals surface area contributed by atoms with Gasteiger partial charge in [0.05, 0.1) is 6.54 Å². The van der Waals surface area contributed by atoms with Crippen LogP contribution in [-0.4, -0.2) is 86.3 Å². The molecule has 2 aliphatic rings. The highest BCUT2D eigenvalue weighted by molar-refractivity contribution is 5.95. The third-order valence-corrected chi connectivity index (χ3v) is 8.95. The number of carboxylic acid groups (broad SMARTS) is 1. The maximum atomic E-state index is 14.7. The summed E-state index contributed by atoms with van der Waals surface area (Å²) in [7, 11) is 0. The Morgan fingerprint density at radius 3 is 1.94 bits per heavy atom. The summed E-state index contributed by atoms with van der Waals surface area (Å²) in [5, 5.41) is 24.0. The van der Waals surface area contributed by atoms with Crippen molar-refractivity contribution in [3.8, 4) is 5.75 Å². The maximum Gasteiger partial charge on any atom is 0.433 e. The van der Waals surface area contributed by atoms with Crippen molar-refractivity contribution in [1.29, 1.82) is 0 Å². The van der Waals surface area contributed by atoms with Gasteiger partial charge in [-0.2, -0.15) is 5.06 Å². The second-order valence-electron chi connectivity index (χ2n) is 12.2. The van der Waals surface area contributed by atoms with Gasteiger partial charge in [0, 0.05) is 25.8 Å². The largest absolute Gasteiger partial charge is 0.508 e. The number of phenols is 1. The van der Waals surface area contributed by atoms with Crippen molar-refractivity contribution >= 4 is 23.8 Å². The Bertz CT molecular complexity index is 1760. The zero-order chi connectivity index (χ0) is 34.3. The van der Waals surface area contributed by atoms with Gasteiger partial charge in [0.2, 0.25) is 11.8 Å². The lowest BCUT2D eigenvalue weighted by Crippen LogP contribution is -2.75. The Labute approximate surface area is 284 Å². The van der Waals surface area contributed by atoms with Crippen molar-refractivity contribution in [2.45, 2.75) is 50.0 Å². The van der Waals surface area contributed by atoms with Crippen LogP contribution in [0.3, 0.4) is 0 Å². The van der Waals surface area contributed by atoms with E-state index in [9.17, 15) is 29.4 Å². The monoisotopic (exact) mass is 662 g/mol. The van der Waals surface area contributed by atoms with Crippen LogP contribution in [0.2, 0.25) is 0 Å². The van der Waals surface area contributed by atoms with Crippen LogP contribution in [-0.2, 0) is 44.9 Å². The third kappa shape index (κ3) is 7.73. The normalized spacial score (nSPS) is 19.7. The molecule has 252 valence electrons. The summed E-state index contributed by atoms with van der Waals surface area (Å²) in [5.74, 6) is -1.36. The molecule has 11 heteroatoms. The Balaban J connectivity index is 1.35. The topological polar surface area (TPSA) is 140 Å². The fourth-order valence-corrected chi connectivity index (χ4v) is 6.50. The Kier molecular flexibility index (Phi) is 10.2. The number of amides is 4. The number of fused-ring (bicyclic) bond motifs is 1. The highest BCUT2D eigenvalue weighted by Crippen LogP contribution is 2.32. The number of phenolic OH excluding ortho intramolecular Hbond substituents is 1. The quantitative estimate of drug-likeness (QED) is 0.222. The van der Waals surface area contributed by atoms with E-state index in [0.717, 1.165) is 21.8 Å². The average molecular weight is 663 g/mol. The zero-order valence-corrected chi connectivity index (χ0v) is 26.8. The molecular formula is C38H38N4O7. The van der Waals surface area contributed by atoms with E-state index >= 15 is 0 Å². The first-order valence-electron chi connectivity index (χ1n) is 16.3. The number of rotatable bonds is 11. The second kappa shape index (κ2) is 15.0. The summed E-state index contributed by atoms with van der Waals surface area (Å²) in [5.41, 5.74) is 3.26. The van der Waals surface area contributed by atoms with Gasteiger partial charge < -0.3 is 25.3 Å². The lowest BCUT2D eigenvalue weighted by Gasteiger charge is -2.53. The Morgan fingerprint density at radius 2 is 1.33 bits per heavy atom. The van der Waals surface area contributed by atoms with Gasteiger partial charge in [0.25, 0.3) is 5.91 Å². The van der Waals surface area contributed by atoms with Crippen LogP contribution in [0.1, 0.15) is 22.3 Å². The van der Waals surface area contributed by atoms with Gasteiger partial charge in [0.15, 0.2) is 12.3 Å². The van der Waals surface area contributed by atoms with E-state index < -0.39 is 48.2 Å². The van der Waals surface area contributed by atoms with E-state index in [4.69, 9.17) is 4.84 Å². The number of nitrogens with one attached hydrogen (secondary N) is 1. The van der Waals surface area contributed by atoms with Crippen LogP contribution in [0.25, 0.3) is 0 Å². The molecule has 4 aromatic rings. The van der Waals surface area contributed by atoms with Crippen molar-refractivity contribution in [1.82, 2.24) is 20.2 Å². The molecule has 0 aromatic heterocycles. The van der Waals surface area contributed by atoms with E-state index in [-0.39, 0.29) is 31.6 Å². The molecule has 2 fully saturated rings. The van der Waals surface area contributed by atoms with Crippen LogP contribution in [0, 0.1) is 0 Å². The van der Waals surface area contributed by atoms with E-state index in [1.807, 2.05) is 91.0 Å². The molecule has 2 unspecified atom stereocenters. The minimum absolute atomic E-state index is 0.0249. The number of hydroxylamine groups is 2. The van der Waals surface area contributed by atoms with E-state index in [1.54, 1.807) is 12.1 Å². The van der Waals surface area contributed by atoms with E-state index in [1.165, 1.54) is 21.9 Å². The number of carbonyl (C=O) groups is 4. The molecule has 2 aliphatic heterocycles. The number of benzene rings is 4. The van der Waals surface area contributed by atoms with Gasteiger partial charge in [-0.3, -0.25) is 19.2 Å². The zero-order valence-electron chi connectivity index (χ0n) is 26.8. The van der Waals surface area contributed by atoms with Crippen LogP contribution in [0.15, 0.2) is 115 Å². The SMILES string of the molecule is O=C(NCCc1ccccc1)C(Cc1ccccc1)N1CC2N(C(=O)O)O[C@H](Cc3ccccc3)C(=O)N2[C@@H](Cc2ccc(O)cc2)C1=O. The molecule has 0 aliphatic carbocycles. The van der Waals surface area contributed by atoms with Crippen LogP contribution in [0.5, 0.6) is 5.75 Å². The number of carbonyl (C=O) groups excluding carboxylic acids is 3. The molecular weight excluding hydrogens is 624 g/mol. The molecule has 0 bridgehead atoms. The molecule has 11 nitrogen and oxygen atoms in total. The Morgan fingerprint density at radius 1 is 0.755 bits per heavy atom. The standard InChI is InChI=1S/C38H38N4O7/c43-30-18-16-29(17-19-30)23-32-36(45)40(25-34-41(32)37(46)33(49-42(34)38(47)48)24-28-14-8-3-9-15-28)31(22-27-12-6-2-7-13-27)35(44)39-21-20-26-10-4-1-5-11-26/h1-19,31-34,43H,20-25H2,(H,39,44)(H,47,48)/t31?,32-,33+,34?/m0/s1. The van der Waals surface area contributed by atoms with Gasteiger partial charge >= 0.3 is 6.09 Å². The smallest absolute Gasteiger partial charge is 0.433 e. The molecule has 0 saturated carbocycles. The second-order valence-corrected chi connectivity index (χ2v) is 12.2. The molecule has 4 amide bonds. The minimum Gasteiger partial charge on any atom is -0.508 e. The van der Waals surface area contributed by atoms with Gasteiger partial charge in [0.1, 0.15) is 17.8 Å². The van der Waals surface area contributed by atoms with E-state index in [0.29, 0.717) is 18.5 Å². The third-order valence-electron chi connectivity index (χ3n) is 8.95. The van der Waals surface area contributed by atoms with Crippen molar-refractivity contribution in [3.63, 3.8) is 0 Å². The number of nitrogens with zero attached hydrogens (tertiary/aromatic N) is 3. The summed E-state index contributed by atoms with van der Waals surface area (Å²) in [6.45, 7) is 0.0529. The summed E-state index contributed by atoms with van der Waals surface area (Å²) < 4.78 is 0. The van der Waals surface area contributed by atoms with Crippen LogP contribution >= 0.6 is 0 Å².